The number of aromatic nitrogens is 3. The monoisotopic (exact) mass is 463 g/mol. The van der Waals surface area contributed by atoms with E-state index in [1.165, 1.54) is 6.20 Å². The van der Waals surface area contributed by atoms with E-state index in [2.05, 4.69) is 25.2 Å². The summed E-state index contributed by atoms with van der Waals surface area (Å²) in [7, 11) is 0. The number of hydrogen-bond acceptors (Lipinski definition) is 9. The lowest BCUT2D eigenvalue weighted by Crippen LogP contribution is -2.36. The molecule has 2 aromatic heterocycles. The fourth-order valence-corrected chi connectivity index (χ4v) is 3.60. The van der Waals surface area contributed by atoms with Crippen LogP contribution in [0.2, 0.25) is 0 Å². The van der Waals surface area contributed by atoms with Crippen LogP contribution in [0, 0.1) is 0 Å². The third kappa shape index (κ3) is 5.27. The number of nitrogens with one attached hydrogen (secondary N) is 1. The highest BCUT2D eigenvalue weighted by Crippen LogP contribution is 2.26. The van der Waals surface area contributed by atoms with Crippen molar-refractivity contribution in [2.75, 3.05) is 42.3 Å². The van der Waals surface area contributed by atoms with Gasteiger partial charge < -0.3 is 31.5 Å². The number of benzene rings is 1. The number of aliphatic carboxylic acids is 1. The van der Waals surface area contributed by atoms with Gasteiger partial charge in [0.15, 0.2) is 11.5 Å². The van der Waals surface area contributed by atoms with Gasteiger partial charge in [-0.25, -0.2) is 9.97 Å². The molecule has 1 aliphatic rings. The van der Waals surface area contributed by atoms with Crippen LogP contribution in [0.4, 0.5) is 17.2 Å². The van der Waals surface area contributed by atoms with Crippen LogP contribution in [-0.2, 0) is 16.0 Å². The lowest BCUT2D eigenvalue weighted by atomic mass is 10.0. The minimum Gasteiger partial charge on any atom is -0.480 e. The average molecular weight is 463 g/mol. The van der Waals surface area contributed by atoms with Gasteiger partial charge in [-0.3, -0.25) is 14.6 Å². The number of anilines is 3. The molecule has 0 spiro atoms. The zero-order valence-electron chi connectivity index (χ0n) is 18.3. The molecule has 3 aromatic rings. The second-order valence-corrected chi connectivity index (χ2v) is 7.78. The maximum absolute atomic E-state index is 13.1. The van der Waals surface area contributed by atoms with E-state index in [0.717, 1.165) is 11.3 Å². The smallest absolute Gasteiger partial charge is 0.320 e. The number of carbonyl (C=O) groups is 2. The van der Waals surface area contributed by atoms with Gasteiger partial charge in [0.05, 0.1) is 42.7 Å². The number of ether oxygens (including phenoxy) is 1. The number of nitrogen functional groups attached to an aromatic ring is 1. The lowest BCUT2D eigenvalue weighted by Gasteiger charge is -2.30. The third-order valence-corrected chi connectivity index (χ3v) is 5.44. The molecule has 1 atom stereocenters. The Morgan fingerprint density at radius 3 is 2.59 bits per heavy atom. The molecule has 0 radical (unpaired) electrons. The van der Waals surface area contributed by atoms with Crippen LogP contribution in [0.25, 0.3) is 11.3 Å². The second kappa shape index (κ2) is 10.2. The Morgan fingerprint density at radius 2 is 1.88 bits per heavy atom. The fourth-order valence-electron chi connectivity index (χ4n) is 3.60. The largest absolute Gasteiger partial charge is 0.480 e. The molecule has 6 N–H and O–H groups in total. The van der Waals surface area contributed by atoms with Crippen LogP contribution in [0.3, 0.4) is 0 Å². The SMILES string of the molecule is Nc1ncc(-c2ccc(CC(N)C(=O)O)cc2)nc1C(=O)Nc1cnccc1N1CCOCC1. The molecule has 0 aliphatic carbocycles. The number of nitrogens with two attached hydrogens (primary N) is 2. The van der Waals surface area contributed by atoms with Crippen molar-refractivity contribution < 1.29 is 19.4 Å². The molecule has 34 heavy (non-hydrogen) atoms. The number of nitrogens with zero attached hydrogens (tertiary/aromatic N) is 4. The Bertz CT molecular complexity index is 1180. The van der Waals surface area contributed by atoms with Gasteiger partial charge in [0.25, 0.3) is 5.91 Å². The molecule has 0 bridgehead atoms. The van der Waals surface area contributed by atoms with Crippen molar-refractivity contribution in [2.24, 2.45) is 5.73 Å². The number of carboxylic acid groups (broad SMARTS) is 1. The van der Waals surface area contributed by atoms with Crippen LogP contribution in [0.1, 0.15) is 16.1 Å². The number of carbonyl (C=O) groups excluding carboxylic acids is 1. The molecule has 3 heterocycles. The van der Waals surface area contributed by atoms with Gasteiger partial charge in [0.2, 0.25) is 0 Å². The van der Waals surface area contributed by atoms with E-state index in [4.69, 9.17) is 21.3 Å². The molecule has 176 valence electrons. The summed E-state index contributed by atoms with van der Waals surface area (Å²) < 4.78 is 5.41. The molecule has 1 aromatic carbocycles. The Hall–Kier alpha value is -4.09. The Kier molecular flexibility index (Phi) is 6.95. The number of hydrogen-bond donors (Lipinski definition) is 4. The standard InChI is InChI=1S/C23H25N7O4/c24-16(23(32)33)11-14-1-3-15(4-2-14)17-13-27-21(25)20(28-17)22(31)29-18-12-26-6-5-19(18)30-7-9-34-10-8-30/h1-6,12-13,16H,7-11,24H2,(H2,25,27)(H,29,31)(H,32,33). The Labute approximate surface area is 195 Å². The second-order valence-electron chi connectivity index (χ2n) is 7.78. The maximum Gasteiger partial charge on any atom is 0.320 e. The van der Waals surface area contributed by atoms with E-state index >= 15 is 0 Å². The molecular formula is C23H25N7O4. The Balaban J connectivity index is 1.54. The number of carboxylic acids is 1. The van der Waals surface area contributed by atoms with E-state index in [9.17, 15) is 9.59 Å². The van der Waals surface area contributed by atoms with E-state index in [1.807, 2.05) is 6.07 Å². The zero-order valence-corrected chi connectivity index (χ0v) is 18.3. The van der Waals surface area contributed by atoms with Gasteiger partial charge in [-0.15, -0.1) is 0 Å². The molecule has 4 rings (SSSR count). The molecule has 11 nitrogen and oxygen atoms in total. The maximum atomic E-state index is 13.1. The quantitative estimate of drug-likeness (QED) is 0.399. The molecule has 1 saturated heterocycles. The van der Waals surface area contributed by atoms with Crippen LogP contribution in [0.5, 0.6) is 0 Å². The first-order valence-corrected chi connectivity index (χ1v) is 10.7. The lowest BCUT2D eigenvalue weighted by molar-refractivity contribution is -0.138. The summed E-state index contributed by atoms with van der Waals surface area (Å²) in [4.78, 5) is 38.8. The molecule has 1 fully saturated rings. The molecular weight excluding hydrogens is 438 g/mol. The predicted molar refractivity (Wildman–Crippen MR) is 126 cm³/mol. The van der Waals surface area contributed by atoms with Crippen molar-refractivity contribution in [3.8, 4) is 11.3 Å². The van der Waals surface area contributed by atoms with Crippen molar-refractivity contribution in [3.05, 3.63) is 60.2 Å². The summed E-state index contributed by atoms with van der Waals surface area (Å²) in [5.41, 5.74) is 14.9. The minimum absolute atomic E-state index is 0.00196. The summed E-state index contributed by atoms with van der Waals surface area (Å²) in [5.74, 6) is -1.56. The minimum atomic E-state index is -1.06. The summed E-state index contributed by atoms with van der Waals surface area (Å²) in [6, 6.07) is 7.92. The van der Waals surface area contributed by atoms with Crippen LogP contribution in [0.15, 0.2) is 48.9 Å². The number of pyridine rings is 1. The van der Waals surface area contributed by atoms with Gasteiger partial charge in [-0.05, 0) is 18.1 Å². The van der Waals surface area contributed by atoms with Gasteiger partial charge in [-0.1, -0.05) is 24.3 Å². The topological polar surface area (TPSA) is 170 Å². The van der Waals surface area contributed by atoms with Crippen molar-refractivity contribution >= 4 is 29.1 Å². The van der Waals surface area contributed by atoms with E-state index < -0.39 is 17.9 Å². The first kappa shape index (κ1) is 23.1. The van der Waals surface area contributed by atoms with E-state index in [1.54, 1.807) is 36.7 Å². The number of morpholine rings is 1. The first-order valence-electron chi connectivity index (χ1n) is 10.7. The summed E-state index contributed by atoms with van der Waals surface area (Å²) >= 11 is 0. The highest BCUT2D eigenvalue weighted by molar-refractivity contribution is 6.07. The Morgan fingerprint density at radius 1 is 1.15 bits per heavy atom. The average Bonchev–Trinajstić information content (AvgIpc) is 2.85. The highest BCUT2D eigenvalue weighted by atomic mass is 16.5. The van der Waals surface area contributed by atoms with Gasteiger partial charge in [-0.2, -0.15) is 0 Å². The predicted octanol–water partition coefficient (Wildman–Crippen LogP) is 1.16. The van der Waals surface area contributed by atoms with Gasteiger partial charge in [0.1, 0.15) is 6.04 Å². The van der Waals surface area contributed by atoms with Crippen molar-refractivity contribution in [3.63, 3.8) is 0 Å². The van der Waals surface area contributed by atoms with E-state index in [-0.39, 0.29) is 17.9 Å². The summed E-state index contributed by atoms with van der Waals surface area (Å²) in [6.45, 7) is 2.63. The van der Waals surface area contributed by atoms with E-state index in [0.29, 0.717) is 43.2 Å². The van der Waals surface area contributed by atoms with Crippen molar-refractivity contribution in [1.29, 1.82) is 0 Å². The summed E-state index contributed by atoms with van der Waals surface area (Å²) in [6.07, 6.45) is 4.93. The van der Waals surface area contributed by atoms with Crippen LogP contribution in [-0.4, -0.2) is 64.3 Å². The molecule has 1 aliphatic heterocycles. The fraction of sp³-hybridized carbons (Fsp3) is 0.261. The van der Waals surface area contributed by atoms with Gasteiger partial charge in [0, 0.05) is 24.8 Å². The van der Waals surface area contributed by atoms with Crippen molar-refractivity contribution in [1.82, 2.24) is 15.0 Å². The number of rotatable bonds is 7. The van der Waals surface area contributed by atoms with Crippen molar-refractivity contribution in [2.45, 2.75) is 12.5 Å². The molecule has 1 unspecified atom stereocenters. The molecule has 11 heteroatoms. The van der Waals surface area contributed by atoms with Gasteiger partial charge >= 0.3 is 5.97 Å². The zero-order chi connectivity index (χ0) is 24.1. The number of amides is 1. The highest BCUT2D eigenvalue weighted by Gasteiger charge is 2.20. The van der Waals surface area contributed by atoms with Crippen LogP contribution >= 0.6 is 0 Å². The summed E-state index contributed by atoms with van der Waals surface area (Å²) in [5, 5.41) is 11.8. The normalized spacial score (nSPS) is 14.4. The van der Waals surface area contributed by atoms with Crippen LogP contribution < -0.4 is 21.7 Å². The molecule has 1 amide bonds. The third-order valence-electron chi connectivity index (χ3n) is 5.44. The molecule has 0 saturated carbocycles. The first-order chi connectivity index (χ1) is 16.4.